The molecule has 0 spiro atoms. The van der Waals surface area contributed by atoms with Gasteiger partial charge in [0, 0.05) is 18.7 Å². The molecule has 1 amide bonds. The Morgan fingerprint density at radius 1 is 1.30 bits per heavy atom. The van der Waals surface area contributed by atoms with Crippen LogP contribution in [0.3, 0.4) is 0 Å². The molecule has 1 N–H and O–H groups in total. The number of carbonyl (C=O) groups is 1. The first-order chi connectivity index (χ1) is 9.57. The van der Waals surface area contributed by atoms with Gasteiger partial charge in [-0.05, 0) is 31.0 Å². The van der Waals surface area contributed by atoms with E-state index >= 15 is 0 Å². The number of carbonyl (C=O) groups excluding carboxylic acids is 1. The second-order valence-corrected chi connectivity index (χ2v) is 4.91. The van der Waals surface area contributed by atoms with Crippen molar-refractivity contribution in [2.75, 3.05) is 20.2 Å². The maximum Gasteiger partial charge on any atom is 0.253 e. The summed E-state index contributed by atoms with van der Waals surface area (Å²) in [7, 11) is 1.49. The zero-order valence-corrected chi connectivity index (χ0v) is 12.8. The molecule has 0 bridgehead atoms. The van der Waals surface area contributed by atoms with Gasteiger partial charge in [-0.25, -0.2) is 0 Å². The van der Waals surface area contributed by atoms with Crippen molar-refractivity contribution in [3.8, 4) is 11.5 Å². The maximum atomic E-state index is 12.5. The summed E-state index contributed by atoms with van der Waals surface area (Å²) < 4.78 is 4.99. The molecule has 112 valence electrons. The van der Waals surface area contributed by atoms with Gasteiger partial charge in [-0.2, -0.15) is 0 Å². The Labute approximate surface area is 121 Å². The molecule has 0 heterocycles. The Bertz CT molecular complexity index is 441. The molecule has 0 radical (unpaired) electrons. The number of methoxy groups -OCH3 is 1. The first-order valence-electron chi connectivity index (χ1n) is 7.23. The van der Waals surface area contributed by atoms with Gasteiger partial charge in [-0.3, -0.25) is 4.79 Å². The fourth-order valence-corrected chi connectivity index (χ4v) is 2.22. The molecule has 0 saturated heterocycles. The fraction of sp³-hybridized carbons (Fsp3) is 0.562. The summed E-state index contributed by atoms with van der Waals surface area (Å²) >= 11 is 0. The first kappa shape index (κ1) is 16.3. The van der Waals surface area contributed by atoms with Gasteiger partial charge in [0.2, 0.25) is 0 Å². The van der Waals surface area contributed by atoms with Gasteiger partial charge < -0.3 is 14.7 Å². The Kier molecular flexibility index (Phi) is 6.36. The van der Waals surface area contributed by atoms with Crippen LogP contribution in [0.4, 0.5) is 0 Å². The zero-order chi connectivity index (χ0) is 15.1. The van der Waals surface area contributed by atoms with E-state index in [1.807, 2.05) is 11.8 Å². The normalized spacial score (nSPS) is 10.7. The Morgan fingerprint density at radius 3 is 2.40 bits per heavy atom. The topological polar surface area (TPSA) is 49.8 Å². The molecule has 20 heavy (non-hydrogen) atoms. The van der Waals surface area contributed by atoms with Crippen molar-refractivity contribution in [1.29, 1.82) is 0 Å². The number of nitrogens with zero attached hydrogens (tertiary/aromatic N) is 1. The minimum absolute atomic E-state index is 0.00284. The second-order valence-electron chi connectivity index (χ2n) is 4.91. The van der Waals surface area contributed by atoms with Gasteiger partial charge in [-0.15, -0.1) is 0 Å². The van der Waals surface area contributed by atoms with Crippen LogP contribution in [0.2, 0.25) is 0 Å². The molecule has 4 nitrogen and oxygen atoms in total. The lowest BCUT2D eigenvalue weighted by molar-refractivity contribution is 0.0734. The van der Waals surface area contributed by atoms with Crippen molar-refractivity contribution in [3.63, 3.8) is 0 Å². The third-order valence-electron chi connectivity index (χ3n) is 3.73. The van der Waals surface area contributed by atoms with Crippen LogP contribution in [0.5, 0.6) is 11.5 Å². The second kappa shape index (κ2) is 7.78. The summed E-state index contributed by atoms with van der Waals surface area (Å²) in [6.07, 6.45) is 2.13. The zero-order valence-electron chi connectivity index (χ0n) is 12.8. The Morgan fingerprint density at radius 2 is 1.95 bits per heavy atom. The highest BCUT2D eigenvalue weighted by Crippen LogP contribution is 2.27. The van der Waals surface area contributed by atoms with E-state index in [1.165, 1.54) is 13.2 Å². The smallest absolute Gasteiger partial charge is 0.253 e. The summed E-state index contributed by atoms with van der Waals surface area (Å²) in [5.41, 5.74) is 0.496. The summed E-state index contributed by atoms with van der Waals surface area (Å²) in [4.78, 5) is 14.3. The van der Waals surface area contributed by atoms with Crippen molar-refractivity contribution in [2.45, 2.75) is 33.6 Å². The standard InChI is InChI=1S/C16H25NO3/c1-5-12(6-2)11-17(7-3)16(19)13-8-9-15(20-4)14(18)10-13/h8-10,12,18H,5-7,11H2,1-4H3. The number of phenolic OH excluding ortho intramolecular Hbond substituents is 1. The Balaban J connectivity index is 2.88. The highest BCUT2D eigenvalue weighted by atomic mass is 16.5. The number of ether oxygens (including phenoxy) is 1. The highest BCUT2D eigenvalue weighted by Gasteiger charge is 2.18. The molecule has 1 rings (SSSR count). The first-order valence-corrected chi connectivity index (χ1v) is 7.23. The average molecular weight is 279 g/mol. The third kappa shape index (κ3) is 3.89. The summed E-state index contributed by atoms with van der Waals surface area (Å²) in [5, 5.41) is 9.77. The van der Waals surface area contributed by atoms with Crippen molar-refractivity contribution < 1.29 is 14.6 Å². The quantitative estimate of drug-likeness (QED) is 0.833. The van der Waals surface area contributed by atoms with Gasteiger partial charge in [0.05, 0.1) is 7.11 Å². The van der Waals surface area contributed by atoms with E-state index in [0.717, 1.165) is 19.4 Å². The Hall–Kier alpha value is -1.71. The third-order valence-corrected chi connectivity index (χ3v) is 3.73. The number of benzene rings is 1. The SMILES string of the molecule is CCC(CC)CN(CC)C(=O)c1ccc(OC)c(O)c1. The average Bonchev–Trinajstić information content (AvgIpc) is 2.48. The molecular weight excluding hydrogens is 254 g/mol. The summed E-state index contributed by atoms with van der Waals surface area (Å²) in [5.74, 6) is 0.852. The van der Waals surface area contributed by atoms with Gasteiger partial charge in [0.1, 0.15) is 0 Å². The predicted octanol–water partition coefficient (Wildman–Crippen LogP) is 3.30. The van der Waals surface area contributed by atoms with Crippen LogP contribution in [0.15, 0.2) is 18.2 Å². The number of rotatable bonds is 7. The van der Waals surface area contributed by atoms with E-state index in [9.17, 15) is 9.90 Å². The van der Waals surface area contributed by atoms with Gasteiger partial charge in [-0.1, -0.05) is 26.7 Å². The molecular formula is C16H25NO3. The molecule has 1 aromatic rings. The van der Waals surface area contributed by atoms with Crippen LogP contribution in [-0.2, 0) is 0 Å². The molecule has 0 aliphatic carbocycles. The lowest BCUT2D eigenvalue weighted by Gasteiger charge is -2.25. The van der Waals surface area contributed by atoms with Crippen molar-refractivity contribution in [1.82, 2.24) is 4.90 Å². The molecule has 0 saturated carbocycles. The highest BCUT2D eigenvalue weighted by molar-refractivity contribution is 5.94. The van der Waals surface area contributed by atoms with E-state index < -0.39 is 0 Å². The van der Waals surface area contributed by atoms with Crippen LogP contribution in [0.1, 0.15) is 44.0 Å². The molecule has 0 aliphatic rings. The molecule has 0 unspecified atom stereocenters. The minimum atomic E-state index is -0.0441. The van der Waals surface area contributed by atoms with E-state index in [2.05, 4.69) is 13.8 Å². The van der Waals surface area contributed by atoms with Gasteiger partial charge in [0.25, 0.3) is 5.91 Å². The molecule has 0 aliphatic heterocycles. The number of hydrogen-bond donors (Lipinski definition) is 1. The lowest BCUT2D eigenvalue weighted by Crippen LogP contribution is -2.35. The van der Waals surface area contributed by atoms with Crippen molar-refractivity contribution in [3.05, 3.63) is 23.8 Å². The van der Waals surface area contributed by atoms with Gasteiger partial charge >= 0.3 is 0 Å². The molecule has 0 fully saturated rings. The molecule has 4 heteroatoms. The molecule has 1 aromatic carbocycles. The van der Waals surface area contributed by atoms with Crippen LogP contribution >= 0.6 is 0 Å². The van der Waals surface area contributed by atoms with Crippen LogP contribution in [-0.4, -0.2) is 36.1 Å². The fourth-order valence-electron chi connectivity index (χ4n) is 2.22. The summed E-state index contributed by atoms with van der Waals surface area (Å²) in [6.45, 7) is 7.69. The van der Waals surface area contributed by atoms with Crippen molar-refractivity contribution >= 4 is 5.91 Å². The molecule has 0 atom stereocenters. The van der Waals surface area contributed by atoms with Crippen LogP contribution < -0.4 is 4.74 Å². The van der Waals surface area contributed by atoms with Crippen LogP contribution in [0, 0.1) is 5.92 Å². The largest absolute Gasteiger partial charge is 0.504 e. The van der Waals surface area contributed by atoms with E-state index in [1.54, 1.807) is 12.1 Å². The van der Waals surface area contributed by atoms with Gasteiger partial charge in [0.15, 0.2) is 11.5 Å². The number of aromatic hydroxyl groups is 1. The van der Waals surface area contributed by atoms with E-state index in [-0.39, 0.29) is 11.7 Å². The lowest BCUT2D eigenvalue weighted by atomic mass is 10.0. The summed E-state index contributed by atoms with van der Waals surface area (Å²) in [6, 6.07) is 4.78. The number of amides is 1. The van der Waals surface area contributed by atoms with Crippen molar-refractivity contribution in [2.24, 2.45) is 5.92 Å². The van der Waals surface area contributed by atoms with Crippen LogP contribution in [0.25, 0.3) is 0 Å². The minimum Gasteiger partial charge on any atom is -0.504 e. The molecule has 0 aromatic heterocycles. The van der Waals surface area contributed by atoms with E-state index in [0.29, 0.717) is 23.8 Å². The van der Waals surface area contributed by atoms with E-state index in [4.69, 9.17) is 4.74 Å². The maximum absolute atomic E-state index is 12.5. The number of hydrogen-bond acceptors (Lipinski definition) is 3. The number of phenols is 1. The predicted molar refractivity (Wildman–Crippen MR) is 80.3 cm³/mol. The monoisotopic (exact) mass is 279 g/mol.